The van der Waals surface area contributed by atoms with E-state index >= 15 is 0 Å². The number of nitrogens with one attached hydrogen (secondary N) is 1. The minimum absolute atomic E-state index is 0.00423. The lowest BCUT2D eigenvalue weighted by atomic mass is 10.2. The van der Waals surface area contributed by atoms with Crippen LogP contribution in [0.25, 0.3) is 0 Å². The van der Waals surface area contributed by atoms with Gasteiger partial charge in [-0.05, 0) is 18.9 Å². The normalized spacial score (nSPS) is 12.0. The van der Waals surface area contributed by atoms with Crippen molar-refractivity contribution < 1.29 is 25.0 Å². The molecule has 4 N–H and O–H groups in total. The lowest BCUT2D eigenvalue weighted by Crippen LogP contribution is -2.22. The molecule has 8 heteroatoms. The molecule has 1 atom stereocenters. The molecule has 0 saturated heterocycles. The van der Waals surface area contributed by atoms with Gasteiger partial charge in [0.15, 0.2) is 0 Å². The van der Waals surface area contributed by atoms with Gasteiger partial charge in [0.1, 0.15) is 11.9 Å². The van der Waals surface area contributed by atoms with E-state index in [9.17, 15) is 15.2 Å². The number of aliphatic hydroxyl groups is 3. The van der Waals surface area contributed by atoms with Gasteiger partial charge in [0.2, 0.25) is 0 Å². The number of nitrogens with zero attached hydrogens (tertiary/aromatic N) is 1. The molecule has 1 aromatic rings. The average molecular weight is 300 g/mol. The molecule has 1 aromatic carbocycles. The standard InChI is InChI=1S/C13H20N2O6/c16-6-1-2-11(9-18)21-13-4-3-10(15(19)20)8-12(13)14-5-7-17/h3-4,8,11,14,16-18H,1-2,5-7,9H2. The van der Waals surface area contributed by atoms with Crippen molar-refractivity contribution in [3.63, 3.8) is 0 Å². The second-order valence-corrected chi connectivity index (χ2v) is 4.38. The van der Waals surface area contributed by atoms with Crippen LogP contribution in [0.1, 0.15) is 12.8 Å². The average Bonchev–Trinajstić information content (AvgIpc) is 2.49. The minimum atomic E-state index is -0.525. The SMILES string of the molecule is O=[N+]([O-])c1ccc(OC(CO)CCCO)c(NCCO)c1. The number of hydrogen-bond acceptors (Lipinski definition) is 7. The smallest absolute Gasteiger partial charge is 0.271 e. The Hall–Kier alpha value is -1.90. The second kappa shape index (κ2) is 9.11. The Morgan fingerprint density at radius 1 is 1.29 bits per heavy atom. The first-order valence-corrected chi connectivity index (χ1v) is 6.64. The van der Waals surface area contributed by atoms with E-state index in [1.54, 1.807) is 0 Å². The topological polar surface area (TPSA) is 125 Å². The van der Waals surface area contributed by atoms with Crippen molar-refractivity contribution in [2.75, 3.05) is 31.7 Å². The summed E-state index contributed by atoms with van der Waals surface area (Å²) in [6.07, 6.45) is 0.439. The maximum Gasteiger partial charge on any atom is 0.271 e. The maximum absolute atomic E-state index is 10.8. The lowest BCUT2D eigenvalue weighted by Gasteiger charge is -2.19. The maximum atomic E-state index is 10.8. The van der Waals surface area contributed by atoms with Crippen molar-refractivity contribution in [3.05, 3.63) is 28.3 Å². The first-order valence-electron chi connectivity index (χ1n) is 6.64. The molecule has 118 valence electrons. The Balaban J connectivity index is 2.89. The zero-order valence-corrected chi connectivity index (χ0v) is 11.6. The molecule has 0 heterocycles. The van der Waals surface area contributed by atoms with Gasteiger partial charge in [-0.2, -0.15) is 0 Å². The van der Waals surface area contributed by atoms with Gasteiger partial charge >= 0.3 is 0 Å². The first-order chi connectivity index (χ1) is 10.1. The van der Waals surface area contributed by atoms with Crippen LogP contribution in [-0.2, 0) is 0 Å². The highest BCUT2D eigenvalue weighted by Gasteiger charge is 2.15. The molecular formula is C13H20N2O6. The third-order valence-corrected chi connectivity index (χ3v) is 2.78. The van der Waals surface area contributed by atoms with Crippen molar-refractivity contribution >= 4 is 11.4 Å². The Labute approximate surface area is 122 Å². The number of ether oxygens (including phenoxy) is 1. The third-order valence-electron chi connectivity index (χ3n) is 2.78. The number of hydrogen-bond donors (Lipinski definition) is 4. The number of non-ortho nitro benzene ring substituents is 1. The summed E-state index contributed by atoms with van der Waals surface area (Å²) >= 11 is 0. The van der Waals surface area contributed by atoms with Crippen LogP contribution in [0.5, 0.6) is 5.75 Å². The van der Waals surface area contributed by atoms with Crippen LogP contribution in [0.2, 0.25) is 0 Å². The van der Waals surface area contributed by atoms with Crippen molar-refractivity contribution in [2.24, 2.45) is 0 Å². The Morgan fingerprint density at radius 3 is 2.62 bits per heavy atom. The monoisotopic (exact) mass is 300 g/mol. The third kappa shape index (κ3) is 5.54. The lowest BCUT2D eigenvalue weighted by molar-refractivity contribution is -0.384. The summed E-state index contributed by atoms with van der Waals surface area (Å²) in [4.78, 5) is 10.3. The van der Waals surface area contributed by atoms with Crippen molar-refractivity contribution in [1.82, 2.24) is 0 Å². The van der Waals surface area contributed by atoms with E-state index in [0.29, 0.717) is 24.3 Å². The molecule has 0 bridgehead atoms. The van der Waals surface area contributed by atoms with Crippen LogP contribution in [0, 0.1) is 10.1 Å². The molecule has 0 saturated carbocycles. The molecule has 8 nitrogen and oxygen atoms in total. The van der Waals surface area contributed by atoms with Crippen molar-refractivity contribution in [2.45, 2.75) is 18.9 Å². The Kier molecular flexibility index (Phi) is 7.44. The molecule has 0 spiro atoms. The molecule has 0 aliphatic rings. The number of anilines is 1. The van der Waals surface area contributed by atoms with Gasteiger partial charge in [0.25, 0.3) is 5.69 Å². The number of nitro benzene ring substituents is 1. The summed E-state index contributed by atoms with van der Waals surface area (Å²) in [5.74, 6) is 0.353. The van der Waals surface area contributed by atoms with E-state index in [1.807, 2.05) is 0 Å². The van der Waals surface area contributed by atoms with Gasteiger partial charge in [-0.1, -0.05) is 0 Å². The van der Waals surface area contributed by atoms with Crippen LogP contribution < -0.4 is 10.1 Å². The summed E-state index contributed by atoms with van der Waals surface area (Å²) in [7, 11) is 0. The number of rotatable bonds is 10. The number of nitro groups is 1. The number of aliphatic hydroxyl groups excluding tert-OH is 3. The molecule has 21 heavy (non-hydrogen) atoms. The van der Waals surface area contributed by atoms with Gasteiger partial charge in [0, 0.05) is 25.3 Å². The highest BCUT2D eigenvalue weighted by atomic mass is 16.6. The van der Waals surface area contributed by atoms with Gasteiger partial charge in [-0.3, -0.25) is 10.1 Å². The van der Waals surface area contributed by atoms with Gasteiger partial charge < -0.3 is 25.4 Å². The zero-order chi connectivity index (χ0) is 15.7. The fraction of sp³-hybridized carbons (Fsp3) is 0.538. The molecule has 0 aliphatic heterocycles. The van der Waals surface area contributed by atoms with Crippen LogP contribution in [0.4, 0.5) is 11.4 Å². The van der Waals surface area contributed by atoms with E-state index in [-0.39, 0.29) is 32.1 Å². The second-order valence-electron chi connectivity index (χ2n) is 4.38. The Bertz CT molecular complexity index is 454. The van der Waals surface area contributed by atoms with Gasteiger partial charge in [0.05, 0.1) is 23.8 Å². The van der Waals surface area contributed by atoms with Crippen molar-refractivity contribution in [1.29, 1.82) is 0 Å². The summed E-state index contributed by atoms with van der Waals surface area (Å²) in [5.41, 5.74) is 0.277. The summed E-state index contributed by atoms with van der Waals surface area (Å²) in [5, 5.41) is 40.5. The summed E-state index contributed by atoms with van der Waals surface area (Å²) < 4.78 is 5.60. The largest absolute Gasteiger partial charge is 0.486 e. The predicted octanol–water partition coefficient (Wildman–Crippen LogP) is 0.511. The first kappa shape index (κ1) is 17.2. The molecule has 1 rings (SSSR count). The fourth-order valence-electron chi connectivity index (χ4n) is 1.75. The van der Waals surface area contributed by atoms with Crippen molar-refractivity contribution in [3.8, 4) is 5.75 Å². The van der Waals surface area contributed by atoms with Crippen LogP contribution >= 0.6 is 0 Å². The number of benzene rings is 1. The Morgan fingerprint density at radius 2 is 2.05 bits per heavy atom. The van der Waals surface area contributed by atoms with E-state index in [0.717, 1.165) is 0 Å². The molecule has 0 amide bonds. The molecule has 0 radical (unpaired) electrons. The van der Waals surface area contributed by atoms with E-state index in [2.05, 4.69) is 5.32 Å². The molecule has 0 aliphatic carbocycles. The minimum Gasteiger partial charge on any atom is -0.486 e. The highest BCUT2D eigenvalue weighted by molar-refractivity contribution is 5.61. The molecule has 0 fully saturated rings. The molecular weight excluding hydrogens is 280 g/mol. The fourth-order valence-corrected chi connectivity index (χ4v) is 1.75. The zero-order valence-electron chi connectivity index (χ0n) is 11.6. The summed E-state index contributed by atoms with van der Waals surface area (Å²) in [6.45, 7) is -0.139. The van der Waals surface area contributed by atoms with Crippen LogP contribution in [0.3, 0.4) is 0 Å². The van der Waals surface area contributed by atoms with Gasteiger partial charge in [-0.15, -0.1) is 0 Å². The molecule has 0 aromatic heterocycles. The van der Waals surface area contributed by atoms with E-state index in [4.69, 9.17) is 14.9 Å². The predicted molar refractivity (Wildman–Crippen MR) is 76.5 cm³/mol. The summed E-state index contributed by atoms with van der Waals surface area (Å²) in [6, 6.07) is 4.06. The van der Waals surface area contributed by atoms with Gasteiger partial charge in [-0.25, -0.2) is 0 Å². The van der Waals surface area contributed by atoms with Crippen LogP contribution in [-0.4, -0.2) is 52.7 Å². The van der Waals surface area contributed by atoms with E-state index in [1.165, 1.54) is 18.2 Å². The molecule has 1 unspecified atom stereocenters. The highest BCUT2D eigenvalue weighted by Crippen LogP contribution is 2.30. The van der Waals surface area contributed by atoms with E-state index < -0.39 is 11.0 Å². The van der Waals surface area contributed by atoms with Crippen LogP contribution in [0.15, 0.2) is 18.2 Å². The quantitative estimate of drug-likeness (QED) is 0.366.